The van der Waals surface area contributed by atoms with E-state index in [2.05, 4.69) is 5.16 Å². The van der Waals surface area contributed by atoms with Crippen LogP contribution in [0.4, 0.5) is 19.0 Å². The molecule has 2 aromatic rings. The van der Waals surface area contributed by atoms with Crippen LogP contribution in [-0.4, -0.2) is 5.16 Å². The maximum absolute atomic E-state index is 12.6. The van der Waals surface area contributed by atoms with Crippen molar-refractivity contribution in [2.75, 3.05) is 5.73 Å². The van der Waals surface area contributed by atoms with Gasteiger partial charge in [0.25, 0.3) is 0 Å². The van der Waals surface area contributed by atoms with Gasteiger partial charge >= 0.3 is 6.18 Å². The highest BCUT2D eigenvalue weighted by molar-refractivity contribution is 5.75. The molecule has 0 saturated heterocycles. The summed E-state index contributed by atoms with van der Waals surface area (Å²) in [5, 5.41) is 3.58. The summed E-state index contributed by atoms with van der Waals surface area (Å²) in [7, 11) is 0. The number of benzene rings is 1. The highest BCUT2D eigenvalue weighted by Gasteiger charge is 2.31. The smallest absolute Gasteiger partial charge is 0.380 e. The summed E-state index contributed by atoms with van der Waals surface area (Å²) in [6, 6.07) is 4.95. The molecule has 18 heavy (non-hydrogen) atoms. The van der Waals surface area contributed by atoms with Gasteiger partial charge in [-0.1, -0.05) is 24.2 Å². The second-order valence-electron chi connectivity index (χ2n) is 3.80. The van der Waals surface area contributed by atoms with Gasteiger partial charge in [0, 0.05) is 6.42 Å². The normalized spacial score (nSPS) is 11.8. The Bertz CT molecular complexity index is 561. The predicted molar refractivity (Wildman–Crippen MR) is 60.7 cm³/mol. The van der Waals surface area contributed by atoms with Crippen molar-refractivity contribution in [1.29, 1.82) is 0 Å². The number of rotatable bonds is 2. The molecule has 0 fully saturated rings. The number of nitrogen functional groups attached to an aromatic ring is 1. The van der Waals surface area contributed by atoms with Gasteiger partial charge in [-0.25, -0.2) is 0 Å². The second-order valence-corrected chi connectivity index (χ2v) is 3.80. The Kier molecular flexibility index (Phi) is 3.02. The van der Waals surface area contributed by atoms with E-state index in [1.54, 1.807) is 6.07 Å². The zero-order valence-electron chi connectivity index (χ0n) is 9.58. The fourth-order valence-electron chi connectivity index (χ4n) is 1.74. The molecule has 0 bridgehead atoms. The molecule has 0 atom stereocenters. The van der Waals surface area contributed by atoms with Crippen molar-refractivity contribution in [3.8, 4) is 11.1 Å². The van der Waals surface area contributed by atoms with Crippen molar-refractivity contribution in [3.63, 3.8) is 0 Å². The van der Waals surface area contributed by atoms with E-state index in [9.17, 15) is 13.2 Å². The fraction of sp³-hybridized carbons (Fsp3) is 0.250. The Morgan fingerprint density at radius 1 is 1.33 bits per heavy atom. The van der Waals surface area contributed by atoms with Crippen LogP contribution in [0.15, 0.2) is 28.8 Å². The highest BCUT2D eigenvalue weighted by Crippen LogP contribution is 2.35. The predicted octanol–water partition coefficient (Wildman–Crippen LogP) is 3.51. The lowest BCUT2D eigenvalue weighted by molar-refractivity contribution is -0.137. The Balaban J connectivity index is 2.55. The van der Waals surface area contributed by atoms with Gasteiger partial charge in [0.2, 0.25) is 0 Å². The Labute approximate surface area is 101 Å². The van der Waals surface area contributed by atoms with Crippen LogP contribution >= 0.6 is 0 Å². The fourth-order valence-corrected chi connectivity index (χ4v) is 1.74. The van der Waals surface area contributed by atoms with Crippen molar-refractivity contribution >= 4 is 5.82 Å². The average molecular weight is 256 g/mol. The first-order valence-electron chi connectivity index (χ1n) is 5.35. The van der Waals surface area contributed by atoms with E-state index in [0.717, 1.165) is 12.1 Å². The van der Waals surface area contributed by atoms with Crippen LogP contribution in [0.5, 0.6) is 0 Å². The first-order valence-corrected chi connectivity index (χ1v) is 5.35. The summed E-state index contributed by atoms with van der Waals surface area (Å²) in [5.74, 6) is 0.581. The molecule has 0 spiro atoms. The van der Waals surface area contributed by atoms with E-state index in [1.807, 2.05) is 6.92 Å². The number of hydrogen-bond donors (Lipinski definition) is 1. The Morgan fingerprint density at radius 2 is 2.06 bits per heavy atom. The van der Waals surface area contributed by atoms with Crippen LogP contribution in [-0.2, 0) is 12.6 Å². The number of aromatic nitrogens is 1. The van der Waals surface area contributed by atoms with Crippen LogP contribution in [0.2, 0.25) is 0 Å². The number of nitrogens with zero attached hydrogens (tertiary/aromatic N) is 1. The second kappa shape index (κ2) is 4.36. The van der Waals surface area contributed by atoms with E-state index < -0.39 is 11.7 Å². The quantitative estimate of drug-likeness (QED) is 0.894. The molecule has 1 aromatic carbocycles. The van der Waals surface area contributed by atoms with Gasteiger partial charge in [0.1, 0.15) is 5.76 Å². The summed E-state index contributed by atoms with van der Waals surface area (Å²) >= 11 is 0. The molecule has 0 aliphatic heterocycles. The minimum absolute atomic E-state index is 0.103. The summed E-state index contributed by atoms with van der Waals surface area (Å²) < 4.78 is 42.8. The van der Waals surface area contributed by atoms with Crippen molar-refractivity contribution in [2.24, 2.45) is 0 Å². The third kappa shape index (κ3) is 2.18. The minimum Gasteiger partial charge on any atom is -0.380 e. The lowest BCUT2D eigenvalue weighted by atomic mass is 10.0. The number of anilines is 1. The van der Waals surface area contributed by atoms with Gasteiger partial charge in [0.05, 0.1) is 11.1 Å². The number of hydrogen-bond acceptors (Lipinski definition) is 3. The minimum atomic E-state index is -4.38. The van der Waals surface area contributed by atoms with Crippen molar-refractivity contribution in [3.05, 3.63) is 35.6 Å². The average Bonchev–Trinajstić information content (AvgIpc) is 2.69. The lowest BCUT2D eigenvalue weighted by Gasteiger charge is -2.08. The van der Waals surface area contributed by atoms with Crippen molar-refractivity contribution in [2.45, 2.75) is 19.5 Å². The summed E-state index contributed by atoms with van der Waals surface area (Å²) in [6.45, 7) is 1.82. The molecule has 1 heterocycles. The summed E-state index contributed by atoms with van der Waals surface area (Å²) in [6.07, 6.45) is -3.87. The van der Waals surface area contributed by atoms with Gasteiger partial charge in [0.15, 0.2) is 5.82 Å². The molecule has 0 aliphatic carbocycles. The number of halogens is 3. The lowest BCUT2D eigenvalue weighted by Crippen LogP contribution is -2.04. The molecule has 2 rings (SSSR count). The number of aryl methyl sites for hydroxylation is 1. The zero-order valence-corrected chi connectivity index (χ0v) is 9.58. The molecule has 3 nitrogen and oxygen atoms in total. The van der Waals surface area contributed by atoms with Crippen LogP contribution in [0.25, 0.3) is 11.1 Å². The molecule has 0 aliphatic rings. The largest absolute Gasteiger partial charge is 0.416 e. The van der Waals surface area contributed by atoms with Gasteiger partial charge in [-0.3, -0.25) is 0 Å². The van der Waals surface area contributed by atoms with Crippen LogP contribution in [0, 0.1) is 0 Å². The maximum atomic E-state index is 12.6. The molecule has 0 saturated carbocycles. The first kappa shape index (κ1) is 12.5. The van der Waals surface area contributed by atoms with Crippen LogP contribution in [0.1, 0.15) is 18.2 Å². The highest BCUT2D eigenvalue weighted by atomic mass is 19.4. The van der Waals surface area contributed by atoms with Crippen LogP contribution < -0.4 is 5.73 Å². The Morgan fingerprint density at radius 3 is 2.67 bits per heavy atom. The Hall–Kier alpha value is -1.98. The van der Waals surface area contributed by atoms with Gasteiger partial charge in [-0.05, 0) is 17.7 Å². The van der Waals surface area contributed by atoms with Crippen molar-refractivity contribution in [1.82, 2.24) is 5.16 Å². The molecule has 2 N–H and O–H groups in total. The maximum Gasteiger partial charge on any atom is 0.416 e. The van der Waals surface area contributed by atoms with E-state index in [4.69, 9.17) is 10.3 Å². The van der Waals surface area contributed by atoms with E-state index >= 15 is 0 Å². The summed E-state index contributed by atoms with van der Waals surface area (Å²) in [5.41, 5.74) is 5.70. The van der Waals surface area contributed by atoms with Gasteiger partial charge < -0.3 is 10.3 Å². The molecular weight excluding hydrogens is 245 g/mol. The molecule has 6 heteroatoms. The summed E-state index contributed by atoms with van der Waals surface area (Å²) in [4.78, 5) is 0. The monoisotopic (exact) mass is 256 g/mol. The van der Waals surface area contributed by atoms with Crippen LogP contribution in [0.3, 0.4) is 0 Å². The van der Waals surface area contributed by atoms with E-state index in [1.165, 1.54) is 6.07 Å². The molecular formula is C12H11F3N2O. The number of nitrogens with two attached hydrogens (primary N) is 1. The molecule has 0 radical (unpaired) electrons. The van der Waals surface area contributed by atoms with Crippen molar-refractivity contribution < 1.29 is 17.7 Å². The topological polar surface area (TPSA) is 52.0 Å². The van der Waals surface area contributed by atoms with E-state index in [-0.39, 0.29) is 5.82 Å². The third-order valence-electron chi connectivity index (χ3n) is 2.59. The zero-order chi connectivity index (χ0) is 13.3. The SMILES string of the molecule is CCc1onc(N)c1-c1cccc(C(F)(F)F)c1. The molecule has 1 aromatic heterocycles. The van der Waals surface area contributed by atoms with Gasteiger partial charge in [-0.15, -0.1) is 0 Å². The first-order chi connectivity index (χ1) is 8.43. The number of alkyl halides is 3. The van der Waals surface area contributed by atoms with Gasteiger partial charge in [-0.2, -0.15) is 13.2 Å². The standard InChI is InChI=1S/C12H11F3N2O/c1-2-9-10(11(16)17-18-9)7-4-3-5-8(6-7)12(13,14)15/h3-6H,2H2,1H3,(H2,16,17). The van der Waals surface area contributed by atoms with E-state index in [0.29, 0.717) is 23.3 Å². The molecule has 0 amide bonds. The third-order valence-corrected chi connectivity index (χ3v) is 2.59. The molecule has 0 unspecified atom stereocenters. The molecule has 96 valence electrons.